The summed E-state index contributed by atoms with van der Waals surface area (Å²) in [5, 5.41) is 0. The molecule has 0 unspecified atom stereocenters. The van der Waals surface area contributed by atoms with Crippen molar-refractivity contribution in [1.29, 1.82) is 0 Å². The Morgan fingerprint density at radius 3 is 2.67 bits per heavy atom. The van der Waals surface area contributed by atoms with E-state index in [0.717, 1.165) is 36.6 Å². The smallest absolute Gasteiger partial charge is 0.228 e. The molecule has 0 aliphatic carbocycles. The third kappa shape index (κ3) is 2.70. The summed E-state index contributed by atoms with van der Waals surface area (Å²) in [6.45, 7) is 3.25. The predicted molar refractivity (Wildman–Crippen MR) is 91.8 cm³/mol. The fourth-order valence-electron chi connectivity index (χ4n) is 3.79. The van der Waals surface area contributed by atoms with Crippen molar-refractivity contribution in [2.75, 3.05) is 31.6 Å². The lowest BCUT2D eigenvalue weighted by Gasteiger charge is -2.23. The average Bonchev–Trinajstić information content (AvgIpc) is 3.17. The van der Waals surface area contributed by atoms with Gasteiger partial charge in [0.15, 0.2) is 0 Å². The molecule has 5 nitrogen and oxygen atoms in total. The molecule has 1 aromatic heterocycles. The van der Waals surface area contributed by atoms with Crippen molar-refractivity contribution >= 4 is 11.6 Å². The zero-order chi connectivity index (χ0) is 16.5. The number of pyridine rings is 1. The highest BCUT2D eigenvalue weighted by Crippen LogP contribution is 2.35. The largest absolute Gasteiger partial charge is 0.497 e. The molecule has 2 aliphatic rings. The Labute approximate surface area is 141 Å². The van der Waals surface area contributed by atoms with E-state index in [2.05, 4.69) is 16.0 Å². The van der Waals surface area contributed by atoms with Gasteiger partial charge in [-0.1, -0.05) is 12.1 Å². The first-order valence-electron chi connectivity index (χ1n) is 8.31. The molecule has 1 aromatic carbocycles. The summed E-state index contributed by atoms with van der Waals surface area (Å²) in [4.78, 5) is 21.2. The molecule has 0 saturated carbocycles. The zero-order valence-electron chi connectivity index (χ0n) is 13.8. The fourth-order valence-corrected chi connectivity index (χ4v) is 3.79. The number of ether oxygens (including phenoxy) is 1. The third-order valence-electron chi connectivity index (χ3n) is 5.07. The molecule has 0 spiro atoms. The molecular formula is C19H21N3O2. The van der Waals surface area contributed by atoms with Crippen molar-refractivity contribution in [3.8, 4) is 5.75 Å². The number of aromatic nitrogens is 1. The lowest BCUT2D eigenvalue weighted by atomic mass is 10.0. The molecule has 5 heteroatoms. The topological polar surface area (TPSA) is 45.7 Å². The number of anilines is 1. The zero-order valence-corrected chi connectivity index (χ0v) is 13.8. The maximum Gasteiger partial charge on any atom is 0.228 e. The third-order valence-corrected chi connectivity index (χ3v) is 5.07. The molecule has 124 valence electrons. The Kier molecular flexibility index (Phi) is 3.84. The summed E-state index contributed by atoms with van der Waals surface area (Å²) in [5.74, 6) is 1.65. The van der Waals surface area contributed by atoms with Crippen LogP contribution in [0.25, 0.3) is 0 Å². The summed E-state index contributed by atoms with van der Waals surface area (Å²) in [5.41, 5.74) is 2.26. The van der Waals surface area contributed by atoms with E-state index in [1.54, 1.807) is 13.3 Å². The number of carbonyl (C=O) groups excluding carboxylic acids is 1. The first-order chi connectivity index (χ1) is 11.7. The van der Waals surface area contributed by atoms with Gasteiger partial charge in [0.2, 0.25) is 5.91 Å². The quantitative estimate of drug-likeness (QED) is 0.865. The highest BCUT2D eigenvalue weighted by Gasteiger charge is 2.46. The second kappa shape index (κ2) is 6.15. The van der Waals surface area contributed by atoms with Crippen LogP contribution in [0.15, 0.2) is 48.8 Å². The average molecular weight is 323 g/mol. The minimum absolute atomic E-state index is 0.114. The molecule has 2 aliphatic heterocycles. The van der Waals surface area contributed by atoms with E-state index >= 15 is 0 Å². The number of nitrogens with zero attached hydrogens (tertiary/aromatic N) is 3. The highest BCUT2D eigenvalue weighted by atomic mass is 16.5. The van der Waals surface area contributed by atoms with Crippen LogP contribution in [-0.4, -0.2) is 42.5 Å². The normalized spacial score (nSPS) is 22.8. The Bertz CT molecular complexity index is 717. The van der Waals surface area contributed by atoms with Crippen LogP contribution in [0.3, 0.4) is 0 Å². The number of likely N-dealkylation sites (tertiary alicyclic amines) is 1. The summed E-state index contributed by atoms with van der Waals surface area (Å²) < 4.78 is 5.18. The van der Waals surface area contributed by atoms with Crippen molar-refractivity contribution in [1.82, 2.24) is 9.88 Å². The Hall–Kier alpha value is -2.56. The monoisotopic (exact) mass is 323 g/mol. The lowest BCUT2D eigenvalue weighted by Crippen LogP contribution is -2.32. The molecule has 0 radical (unpaired) electrons. The van der Waals surface area contributed by atoms with Gasteiger partial charge in [0.1, 0.15) is 5.75 Å². The van der Waals surface area contributed by atoms with Crippen LogP contribution in [0.1, 0.15) is 5.56 Å². The number of carbonyl (C=O) groups is 1. The van der Waals surface area contributed by atoms with Gasteiger partial charge < -0.3 is 14.5 Å². The van der Waals surface area contributed by atoms with Crippen molar-refractivity contribution in [3.05, 3.63) is 54.4 Å². The van der Waals surface area contributed by atoms with E-state index in [1.165, 1.54) is 0 Å². The highest BCUT2D eigenvalue weighted by molar-refractivity contribution is 5.83. The Morgan fingerprint density at radius 1 is 1.17 bits per heavy atom. The number of hydrogen-bond acceptors (Lipinski definition) is 4. The van der Waals surface area contributed by atoms with Gasteiger partial charge in [-0.05, 0) is 29.8 Å². The molecule has 0 N–H and O–H groups in total. The number of amides is 1. The van der Waals surface area contributed by atoms with Gasteiger partial charge in [-0.15, -0.1) is 0 Å². The minimum Gasteiger partial charge on any atom is -0.497 e. The number of rotatable bonds is 4. The molecule has 2 aromatic rings. The number of fused-ring (bicyclic) bond motifs is 1. The van der Waals surface area contributed by atoms with Crippen molar-refractivity contribution in [2.45, 2.75) is 6.54 Å². The molecule has 4 rings (SSSR count). The van der Waals surface area contributed by atoms with Gasteiger partial charge in [0, 0.05) is 38.3 Å². The van der Waals surface area contributed by atoms with E-state index in [1.807, 2.05) is 41.4 Å². The van der Waals surface area contributed by atoms with Crippen molar-refractivity contribution in [3.63, 3.8) is 0 Å². The van der Waals surface area contributed by atoms with Gasteiger partial charge >= 0.3 is 0 Å². The summed E-state index contributed by atoms with van der Waals surface area (Å²) in [7, 11) is 1.66. The molecule has 2 saturated heterocycles. The minimum atomic E-state index is 0.114. The van der Waals surface area contributed by atoms with E-state index in [9.17, 15) is 4.79 Å². The lowest BCUT2D eigenvalue weighted by molar-refractivity contribution is -0.131. The molecule has 2 atom stereocenters. The van der Waals surface area contributed by atoms with E-state index < -0.39 is 0 Å². The second-order valence-electron chi connectivity index (χ2n) is 6.55. The SMILES string of the molecule is COc1ccc(CN2C[C@@H]3CN(c4cccnc4)C[C@@H]3C2=O)cc1. The van der Waals surface area contributed by atoms with Gasteiger partial charge in [-0.2, -0.15) is 0 Å². The van der Waals surface area contributed by atoms with Gasteiger partial charge in [-0.25, -0.2) is 0 Å². The summed E-state index contributed by atoms with van der Waals surface area (Å²) in [6, 6.07) is 12.0. The maximum atomic E-state index is 12.8. The van der Waals surface area contributed by atoms with E-state index in [4.69, 9.17) is 4.74 Å². The van der Waals surface area contributed by atoms with Crippen molar-refractivity contribution < 1.29 is 9.53 Å². The van der Waals surface area contributed by atoms with E-state index in [0.29, 0.717) is 12.5 Å². The molecule has 24 heavy (non-hydrogen) atoms. The molecule has 3 heterocycles. The molecular weight excluding hydrogens is 302 g/mol. The van der Waals surface area contributed by atoms with Crippen LogP contribution in [0.5, 0.6) is 5.75 Å². The van der Waals surface area contributed by atoms with Gasteiger partial charge in [-0.3, -0.25) is 9.78 Å². The van der Waals surface area contributed by atoms with Crippen LogP contribution >= 0.6 is 0 Å². The van der Waals surface area contributed by atoms with Crippen molar-refractivity contribution in [2.24, 2.45) is 11.8 Å². The number of hydrogen-bond donors (Lipinski definition) is 0. The standard InChI is InChI=1S/C19H21N3O2/c1-24-17-6-4-14(5-7-17)10-22-12-15-11-21(13-18(15)19(22)23)16-3-2-8-20-9-16/h2-9,15,18H,10-13H2,1H3/t15-,18-/m0/s1. The number of benzene rings is 1. The first kappa shape index (κ1) is 15.0. The maximum absolute atomic E-state index is 12.8. The van der Waals surface area contributed by atoms with Crippen LogP contribution in [-0.2, 0) is 11.3 Å². The van der Waals surface area contributed by atoms with Gasteiger partial charge in [0.05, 0.1) is 24.9 Å². The second-order valence-corrected chi connectivity index (χ2v) is 6.55. The van der Waals surface area contributed by atoms with Crippen LogP contribution in [0.4, 0.5) is 5.69 Å². The first-order valence-corrected chi connectivity index (χ1v) is 8.31. The van der Waals surface area contributed by atoms with Crippen LogP contribution in [0.2, 0.25) is 0 Å². The predicted octanol–water partition coefficient (Wildman–Crippen LogP) is 2.19. The molecule has 2 fully saturated rings. The molecule has 0 bridgehead atoms. The Balaban J connectivity index is 1.41. The fraction of sp³-hybridized carbons (Fsp3) is 0.368. The summed E-state index contributed by atoms with van der Waals surface area (Å²) >= 11 is 0. The van der Waals surface area contributed by atoms with Crippen LogP contribution in [0, 0.1) is 11.8 Å². The van der Waals surface area contributed by atoms with Crippen LogP contribution < -0.4 is 9.64 Å². The molecule has 1 amide bonds. The Morgan fingerprint density at radius 2 is 2.00 bits per heavy atom. The van der Waals surface area contributed by atoms with E-state index in [-0.39, 0.29) is 11.8 Å². The summed E-state index contributed by atoms with van der Waals surface area (Å²) in [6.07, 6.45) is 3.66. The number of methoxy groups -OCH3 is 1. The van der Waals surface area contributed by atoms with Gasteiger partial charge in [0.25, 0.3) is 0 Å².